The minimum atomic E-state index is 0.00670. The van der Waals surface area contributed by atoms with Gasteiger partial charge in [-0.1, -0.05) is 0 Å². The van der Waals surface area contributed by atoms with Crippen LogP contribution in [0.1, 0.15) is 12.8 Å². The van der Waals surface area contributed by atoms with Crippen molar-refractivity contribution in [3.8, 4) is 0 Å². The highest BCUT2D eigenvalue weighted by molar-refractivity contribution is 9.10. The summed E-state index contributed by atoms with van der Waals surface area (Å²) in [5.41, 5.74) is 0. The Labute approximate surface area is 95.8 Å². The van der Waals surface area contributed by atoms with Crippen molar-refractivity contribution in [2.45, 2.75) is 18.9 Å². The molecule has 1 heterocycles. The van der Waals surface area contributed by atoms with Crippen molar-refractivity contribution in [1.29, 1.82) is 0 Å². The lowest BCUT2D eigenvalue weighted by molar-refractivity contribution is -0.119. The van der Waals surface area contributed by atoms with Crippen molar-refractivity contribution < 1.29 is 4.79 Å². The molecule has 0 spiro atoms. The first-order chi connectivity index (χ1) is 7.24. The molecule has 1 amide bonds. The molecule has 0 radical (unpaired) electrons. The number of nitrogens with one attached hydrogen (secondary N) is 2. The number of halogens is 1. The van der Waals surface area contributed by atoms with E-state index in [0.717, 1.165) is 12.8 Å². The maximum atomic E-state index is 11.3. The van der Waals surface area contributed by atoms with Crippen LogP contribution in [-0.2, 0) is 4.79 Å². The number of rotatable bonds is 4. The van der Waals surface area contributed by atoms with Gasteiger partial charge in [0.1, 0.15) is 16.7 Å². The molecule has 2 rings (SSSR count). The molecule has 1 aromatic heterocycles. The van der Waals surface area contributed by atoms with Crippen LogP contribution in [0.15, 0.2) is 17.0 Å². The Morgan fingerprint density at radius 1 is 1.53 bits per heavy atom. The fourth-order valence-corrected chi connectivity index (χ4v) is 1.42. The van der Waals surface area contributed by atoms with E-state index >= 15 is 0 Å². The lowest BCUT2D eigenvalue weighted by Gasteiger charge is -2.05. The summed E-state index contributed by atoms with van der Waals surface area (Å²) >= 11 is 3.23. The Hall–Kier alpha value is -1.17. The van der Waals surface area contributed by atoms with Gasteiger partial charge in [-0.3, -0.25) is 4.79 Å². The predicted molar refractivity (Wildman–Crippen MR) is 59.4 cm³/mol. The number of carbonyl (C=O) groups is 1. The molecule has 1 saturated carbocycles. The number of amides is 1. The lowest BCUT2D eigenvalue weighted by Crippen LogP contribution is -2.31. The second-order valence-electron chi connectivity index (χ2n) is 3.42. The van der Waals surface area contributed by atoms with Crippen LogP contribution in [0.4, 0.5) is 5.82 Å². The summed E-state index contributed by atoms with van der Waals surface area (Å²) in [7, 11) is 0. The largest absolute Gasteiger partial charge is 0.361 e. The molecule has 80 valence electrons. The van der Waals surface area contributed by atoms with E-state index in [2.05, 4.69) is 36.5 Å². The van der Waals surface area contributed by atoms with Crippen LogP contribution in [0, 0.1) is 0 Å². The summed E-state index contributed by atoms with van der Waals surface area (Å²) < 4.78 is 0.697. The molecule has 0 unspecified atom stereocenters. The van der Waals surface area contributed by atoms with Crippen molar-refractivity contribution in [3.63, 3.8) is 0 Å². The first-order valence-electron chi connectivity index (χ1n) is 4.75. The van der Waals surface area contributed by atoms with Crippen molar-refractivity contribution in [1.82, 2.24) is 15.3 Å². The third-order valence-corrected chi connectivity index (χ3v) is 2.44. The molecule has 0 aliphatic heterocycles. The van der Waals surface area contributed by atoms with Crippen LogP contribution in [0.25, 0.3) is 0 Å². The minimum absolute atomic E-state index is 0.00670. The number of carbonyl (C=O) groups excluding carboxylic acids is 1. The third kappa shape index (κ3) is 3.47. The number of aromatic nitrogens is 2. The minimum Gasteiger partial charge on any atom is -0.361 e. The predicted octanol–water partition coefficient (Wildman–Crippen LogP) is 0.930. The van der Waals surface area contributed by atoms with E-state index in [1.165, 1.54) is 6.33 Å². The zero-order valence-electron chi connectivity index (χ0n) is 8.03. The highest BCUT2D eigenvalue weighted by Gasteiger charge is 2.22. The maximum Gasteiger partial charge on any atom is 0.239 e. The van der Waals surface area contributed by atoms with Crippen molar-refractivity contribution >= 4 is 27.7 Å². The smallest absolute Gasteiger partial charge is 0.239 e. The molecule has 1 fully saturated rings. The Morgan fingerprint density at radius 3 is 3.00 bits per heavy atom. The van der Waals surface area contributed by atoms with E-state index in [4.69, 9.17) is 0 Å². The summed E-state index contributed by atoms with van der Waals surface area (Å²) in [5, 5.41) is 5.81. The van der Waals surface area contributed by atoms with Crippen LogP contribution in [-0.4, -0.2) is 28.5 Å². The van der Waals surface area contributed by atoms with Crippen LogP contribution in [0.2, 0.25) is 0 Å². The second-order valence-corrected chi connectivity index (χ2v) is 4.23. The topological polar surface area (TPSA) is 66.9 Å². The van der Waals surface area contributed by atoms with Gasteiger partial charge in [-0.15, -0.1) is 0 Å². The second kappa shape index (κ2) is 4.57. The van der Waals surface area contributed by atoms with E-state index in [1.807, 2.05) is 0 Å². The average Bonchev–Trinajstić information content (AvgIpc) is 2.99. The number of hydrogen-bond donors (Lipinski definition) is 2. The Kier molecular flexibility index (Phi) is 3.15. The average molecular weight is 271 g/mol. The monoisotopic (exact) mass is 270 g/mol. The highest BCUT2D eigenvalue weighted by atomic mass is 79.9. The van der Waals surface area contributed by atoms with Gasteiger partial charge in [0.25, 0.3) is 0 Å². The number of nitrogens with zero attached hydrogens (tertiary/aromatic N) is 2. The van der Waals surface area contributed by atoms with Gasteiger partial charge in [0, 0.05) is 12.1 Å². The van der Waals surface area contributed by atoms with Crippen LogP contribution in [0.3, 0.4) is 0 Å². The van der Waals surface area contributed by atoms with Crippen molar-refractivity contribution in [2.75, 3.05) is 11.9 Å². The van der Waals surface area contributed by atoms with Gasteiger partial charge in [-0.25, -0.2) is 9.97 Å². The molecular weight excluding hydrogens is 260 g/mol. The summed E-state index contributed by atoms with van der Waals surface area (Å²) in [6, 6.07) is 2.13. The molecule has 1 aromatic rings. The van der Waals surface area contributed by atoms with E-state index in [9.17, 15) is 4.79 Å². The van der Waals surface area contributed by atoms with Gasteiger partial charge in [-0.05, 0) is 28.8 Å². The van der Waals surface area contributed by atoms with Gasteiger partial charge in [0.15, 0.2) is 0 Å². The molecule has 15 heavy (non-hydrogen) atoms. The molecule has 6 heteroatoms. The Balaban J connectivity index is 1.78. The van der Waals surface area contributed by atoms with E-state index < -0.39 is 0 Å². The molecule has 0 aromatic carbocycles. The molecule has 0 bridgehead atoms. The molecule has 5 nitrogen and oxygen atoms in total. The summed E-state index contributed by atoms with van der Waals surface area (Å²) in [6.45, 7) is 0.250. The molecule has 2 N–H and O–H groups in total. The standard InChI is InChI=1S/C9H11BrN4O/c10-7-3-8(13-5-12-7)11-4-9(15)14-6-1-2-6/h3,5-6H,1-2,4H2,(H,14,15)(H,11,12,13). The highest BCUT2D eigenvalue weighted by Crippen LogP contribution is 2.18. The first kappa shape index (κ1) is 10.4. The van der Waals surface area contributed by atoms with Gasteiger partial charge < -0.3 is 10.6 Å². The quantitative estimate of drug-likeness (QED) is 0.799. The third-order valence-electron chi connectivity index (χ3n) is 2.01. The fraction of sp³-hybridized carbons (Fsp3) is 0.444. The first-order valence-corrected chi connectivity index (χ1v) is 5.54. The van der Waals surface area contributed by atoms with E-state index in [-0.39, 0.29) is 12.5 Å². The molecule has 0 atom stereocenters. The number of anilines is 1. The zero-order chi connectivity index (χ0) is 10.7. The van der Waals surface area contributed by atoms with E-state index in [0.29, 0.717) is 16.5 Å². The fourth-order valence-electron chi connectivity index (χ4n) is 1.11. The van der Waals surface area contributed by atoms with Gasteiger partial charge in [0.2, 0.25) is 5.91 Å². The van der Waals surface area contributed by atoms with Crippen molar-refractivity contribution in [2.24, 2.45) is 0 Å². The summed E-state index contributed by atoms with van der Waals surface area (Å²) in [6.07, 6.45) is 3.64. The van der Waals surface area contributed by atoms with Crippen LogP contribution < -0.4 is 10.6 Å². The molecule has 0 saturated heterocycles. The SMILES string of the molecule is O=C(CNc1cc(Br)ncn1)NC1CC1. The molecule has 1 aliphatic carbocycles. The normalized spacial score (nSPS) is 14.7. The van der Waals surface area contributed by atoms with Crippen LogP contribution >= 0.6 is 15.9 Å². The summed E-state index contributed by atoms with van der Waals surface area (Å²) in [4.78, 5) is 19.2. The zero-order valence-corrected chi connectivity index (χ0v) is 9.62. The maximum absolute atomic E-state index is 11.3. The van der Waals surface area contributed by atoms with Gasteiger partial charge >= 0.3 is 0 Å². The van der Waals surface area contributed by atoms with Gasteiger partial charge in [-0.2, -0.15) is 0 Å². The summed E-state index contributed by atoms with van der Waals surface area (Å²) in [5.74, 6) is 0.648. The van der Waals surface area contributed by atoms with Crippen LogP contribution in [0.5, 0.6) is 0 Å². The Morgan fingerprint density at radius 2 is 2.33 bits per heavy atom. The molecule has 1 aliphatic rings. The number of hydrogen-bond acceptors (Lipinski definition) is 4. The Bertz CT molecular complexity index is 367. The van der Waals surface area contributed by atoms with Crippen molar-refractivity contribution in [3.05, 3.63) is 17.0 Å². The lowest BCUT2D eigenvalue weighted by atomic mass is 10.5. The molecular formula is C9H11BrN4O. The van der Waals surface area contributed by atoms with Gasteiger partial charge in [0.05, 0.1) is 6.54 Å². The van der Waals surface area contributed by atoms with E-state index in [1.54, 1.807) is 6.07 Å².